The van der Waals surface area contributed by atoms with Crippen molar-refractivity contribution in [2.75, 3.05) is 13.1 Å². The molecular weight excluding hydrogens is 670 g/mol. The van der Waals surface area contributed by atoms with Gasteiger partial charge in [0.2, 0.25) is 23.5 Å². The summed E-state index contributed by atoms with van der Waals surface area (Å²) in [7, 11) is 0. The van der Waals surface area contributed by atoms with Crippen molar-refractivity contribution in [3.63, 3.8) is 0 Å². The third-order valence-corrected chi connectivity index (χ3v) is 15.1. The summed E-state index contributed by atoms with van der Waals surface area (Å²) in [6.07, 6.45) is 7.73. The van der Waals surface area contributed by atoms with E-state index in [2.05, 4.69) is 13.8 Å². The standard InChI is InChI=1S/C43H67N3O7/c1-38(2,3)28(24-45-33(49)22-40(7,8)23-34(45)50)19-29(47)20-30(39(4,5)6)37(53)46-25-43(41(9,10)42(43)15-12-16-42)21-31(46)32(48)18-27(35(51)36(44)52)17-26-13-11-14-26/h26-28,30-31H,11-25H2,1-10H3,(H2,44,52)/t27?,28-,30-,31+,43-/m1/s1. The molecule has 0 radical (unpaired) electrons. The van der Waals surface area contributed by atoms with E-state index < -0.39 is 45.8 Å². The van der Waals surface area contributed by atoms with Crippen LogP contribution in [0.2, 0.25) is 0 Å². The molecule has 2 N–H and O–H groups in total. The molecular formula is C43H67N3O7. The number of primary amides is 1. The number of hydrogen-bond acceptors (Lipinski definition) is 7. The van der Waals surface area contributed by atoms with E-state index in [1.165, 1.54) is 4.90 Å². The van der Waals surface area contributed by atoms with Crippen molar-refractivity contribution in [1.29, 1.82) is 0 Å². The number of piperidine rings is 1. The van der Waals surface area contributed by atoms with Crippen LogP contribution in [-0.4, -0.2) is 69.9 Å². The molecule has 0 bridgehead atoms. The fourth-order valence-electron chi connectivity index (χ4n) is 10.9. The number of nitrogens with zero attached hydrogens (tertiary/aromatic N) is 2. The number of fused-ring (bicyclic) bond motifs is 1. The number of imide groups is 1. The molecule has 2 spiro atoms. The van der Waals surface area contributed by atoms with Gasteiger partial charge in [-0.15, -0.1) is 0 Å². The van der Waals surface area contributed by atoms with Gasteiger partial charge in [-0.05, 0) is 64.6 Å². The third-order valence-electron chi connectivity index (χ3n) is 15.1. The lowest BCUT2D eigenvalue weighted by Gasteiger charge is -2.40. The Hall–Kier alpha value is -2.91. The summed E-state index contributed by atoms with van der Waals surface area (Å²) in [5.74, 6) is -4.19. The molecule has 0 aromatic rings. The second-order valence-electron chi connectivity index (χ2n) is 21.3. The second kappa shape index (κ2) is 14.0. The van der Waals surface area contributed by atoms with Crippen LogP contribution in [-0.2, 0) is 33.6 Å². The average molecular weight is 738 g/mol. The van der Waals surface area contributed by atoms with Gasteiger partial charge in [0.1, 0.15) is 5.78 Å². The van der Waals surface area contributed by atoms with E-state index in [1.54, 1.807) is 4.90 Å². The zero-order valence-electron chi connectivity index (χ0n) is 34.3. The first-order valence-corrected chi connectivity index (χ1v) is 20.3. The first-order valence-electron chi connectivity index (χ1n) is 20.3. The monoisotopic (exact) mass is 737 g/mol. The zero-order valence-corrected chi connectivity index (χ0v) is 34.3. The van der Waals surface area contributed by atoms with Crippen LogP contribution in [0.25, 0.3) is 0 Å². The number of rotatable bonds is 14. The number of nitrogens with two attached hydrogens (primary N) is 1. The molecule has 0 aromatic carbocycles. The largest absolute Gasteiger partial charge is 0.363 e. The Bertz CT molecular complexity index is 1520. The van der Waals surface area contributed by atoms with Crippen LogP contribution >= 0.6 is 0 Å². The number of Topliss-reactive ketones (excluding diaryl/α,β-unsaturated/α-hetero) is 3. The van der Waals surface area contributed by atoms with Crippen LogP contribution in [0.1, 0.15) is 153 Å². The van der Waals surface area contributed by atoms with Gasteiger partial charge in [-0.1, -0.05) is 94.9 Å². The first kappa shape index (κ1) is 41.3. The predicted molar refractivity (Wildman–Crippen MR) is 202 cm³/mol. The van der Waals surface area contributed by atoms with Crippen LogP contribution < -0.4 is 5.73 Å². The van der Waals surface area contributed by atoms with Crippen LogP contribution in [0.15, 0.2) is 0 Å². The van der Waals surface area contributed by atoms with Crippen molar-refractivity contribution in [2.24, 2.45) is 61.9 Å². The number of ketones is 3. The fraction of sp³-hybridized carbons (Fsp3) is 0.837. The summed E-state index contributed by atoms with van der Waals surface area (Å²) >= 11 is 0. The van der Waals surface area contributed by atoms with E-state index in [9.17, 15) is 33.6 Å². The van der Waals surface area contributed by atoms with E-state index in [1.807, 2.05) is 55.4 Å². The summed E-state index contributed by atoms with van der Waals surface area (Å²) in [5, 5.41) is 0. The zero-order chi connectivity index (χ0) is 39.7. The maximum Gasteiger partial charge on any atom is 0.285 e. The van der Waals surface area contributed by atoms with Crippen molar-refractivity contribution in [1.82, 2.24) is 9.80 Å². The highest BCUT2D eigenvalue weighted by Crippen LogP contribution is 2.88. The summed E-state index contributed by atoms with van der Waals surface area (Å²) in [6.45, 7) is 20.8. The highest BCUT2D eigenvalue weighted by Gasteiger charge is 2.85. The van der Waals surface area contributed by atoms with Gasteiger partial charge in [0, 0.05) is 62.4 Å². The lowest BCUT2D eigenvalue weighted by Crippen LogP contribution is -2.50. The van der Waals surface area contributed by atoms with Gasteiger partial charge < -0.3 is 10.6 Å². The number of likely N-dealkylation sites (tertiary alicyclic amines) is 2. The van der Waals surface area contributed by atoms with Crippen molar-refractivity contribution in [2.45, 2.75) is 159 Å². The van der Waals surface area contributed by atoms with Gasteiger partial charge in [-0.25, -0.2) is 0 Å². The maximum atomic E-state index is 15.0. The molecule has 296 valence electrons. The van der Waals surface area contributed by atoms with Crippen molar-refractivity contribution >= 4 is 41.0 Å². The lowest BCUT2D eigenvalue weighted by atomic mass is 9.73. The molecule has 4 amide bonds. The predicted octanol–water partition coefficient (Wildman–Crippen LogP) is 6.45. The normalized spacial score (nSPS) is 27.9. The minimum atomic E-state index is -1.02. The second-order valence-corrected chi connectivity index (χ2v) is 21.3. The van der Waals surface area contributed by atoms with E-state index in [4.69, 9.17) is 5.73 Å². The Morgan fingerprint density at radius 3 is 1.83 bits per heavy atom. The van der Waals surface area contributed by atoms with Gasteiger partial charge in [0.05, 0.1) is 6.04 Å². The average Bonchev–Trinajstić information content (AvgIpc) is 3.18. The molecule has 10 nitrogen and oxygen atoms in total. The molecule has 5 rings (SSSR count). The molecule has 2 saturated heterocycles. The SMILES string of the molecule is CC1(C)CC(=O)N(C[C@@H](CC(=O)C[C@H](C(=O)N2C[C@]3(C[C@H]2C(=O)CC(CC2CCC2)C(=O)C(N)=O)C(C)(C)C32CCC2)C(C)(C)C)C(C)(C)C)C(=O)C1. The molecule has 10 heteroatoms. The van der Waals surface area contributed by atoms with Crippen LogP contribution in [0, 0.1) is 56.2 Å². The molecule has 5 fully saturated rings. The number of carbonyl (C=O) groups is 7. The highest BCUT2D eigenvalue weighted by molar-refractivity contribution is 6.36. The Balaban J connectivity index is 1.38. The lowest BCUT2D eigenvalue weighted by molar-refractivity contribution is -0.154. The quantitative estimate of drug-likeness (QED) is 0.159. The Labute approximate surface area is 317 Å². The third kappa shape index (κ3) is 7.55. The van der Waals surface area contributed by atoms with Crippen LogP contribution in [0.4, 0.5) is 0 Å². The smallest absolute Gasteiger partial charge is 0.285 e. The van der Waals surface area contributed by atoms with Crippen LogP contribution in [0.3, 0.4) is 0 Å². The highest BCUT2D eigenvalue weighted by atomic mass is 16.2. The van der Waals surface area contributed by atoms with Gasteiger partial charge in [0.25, 0.3) is 5.91 Å². The molecule has 0 aromatic heterocycles. The van der Waals surface area contributed by atoms with Gasteiger partial charge in [0.15, 0.2) is 5.78 Å². The fourth-order valence-corrected chi connectivity index (χ4v) is 10.9. The Morgan fingerprint density at radius 1 is 0.811 bits per heavy atom. The van der Waals surface area contributed by atoms with Crippen molar-refractivity contribution < 1.29 is 33.6 Å². The molecule has 1 unspecified atom stereocenters. The number of carbonyl (C=O) groups excluding carboxylic acids is 7. The van der Waals surface area contributed by atoms with Gasteiger partial charge in [-0.3, -0.25) is 38.5 Å². The van der Waals surface area contributed by atoms with Gasteiger partial charge in [-0.2, -0.15) is 0 Å². The van der Waals surface area contributed by atoms with Crippen molar-refractivity contribution in [3.05, 3.63) is 0 Å². The van der Waals surface area contributed by atoms with E-state index in [0.29, 0.717) is 19.4 Å². The summed E-state index contributed by atoms with van der Waals surface area (Å²) in [4.78, 5) is 97.9. The molecule has 5 atom stereocenters. The first-order chi connectivity index (χ1) is 24.3. The Kier molecular flexibility index (Phi) is 10.9. The number of hydrogen-bond donors (Lipinski definition) is 1. The molecule has 5 aliphatic rings. The summed E-state index contributed by atoms with van der Waals surface area (Å²) < 4.78 is 0. The summed E-state index contributed by atoms with van der Waals surface area (Å²) in [5.41, 5.74) is 3.84. The van der Waals surface area contributed by atoms with E-state index >= 15 is 0 Å². The topological polar surface area (TPSA) is 152 Å². The molecule has 53 heavy (non-hydrogen) atoms. The van der Waals surface area contributed by atoms with Gasteiger partial charge >= 0.3 is 0 Å². The molecule has 2 aliphatic heterocycles. The minimum absolute atomic E-state index is 0.0206. The maximum absolute atomic E-state index is 15.0. The Morgan fingerprint density at radius 2 is 1.40 bits per heavy atom. The van der Waals surface area contributed by atoms with E-state index in [0.717, 1.165) is 38.5 Å². The van der Waals surface area contributed by atoms with E-state index in [-0.39, 0.29) is 96.0 Å². The molecule has 3 aliphatic carbocycles. The van der Waals surface area contributed by atoms with Crippen LogP contribution in [0.5, 0.6) is 0 Å². The summed E-state index contributed by atoms with van der Waals surface area (Å²) in [6, 6.07) is -0.742. The minimum Gasteiger partial charge on any atom is -0.363 e. The number of amides is 4. The van der Waals surface area contributed by atoms with Crippen molar-refractivity contribution in [3.8, 4) is 0 Å². The molecule has 2 heterocycles. The molecule has 3 saturated carbocycles.